The van der Waals surface area contributed by atoms with Gasteiger partial charge in [0.2, 0.25) is 0 Å². The zero-order valence-electron chi connectivity index (χ0n) is 12.5. The van der Waals surface area contributed by atoms with E-state index in [9.17, 15) is 0 Å². The van der Waals surface area contributed by atoms with Crippen LogP contribution in [-0.2, 0) is 0 Å². The molecule has 100 valence electrons. The zero-order chi connectivity index (χ0) is 14.3. The second-order valence-electron chi connectivity index (χ2n) is 4.77. The van der Waals surface area contributed by atoms with Gasteiger partial charge in [0.1, 0.15) is 0 Å². The zero-order valence-corrected chi connectivity index (χ0v) is 12.5. The van der Waals surface area contributed by atoms with E-state index >= 15 is 0 Å². The number of hydrogen-bond acceptors (Lipinski definition) is 2. The molecule has 0 fully saturated rings. The van der Waals surface area contributed by atoms with Crippen LogP contribution in [-0.4, -0.2) is 31.3 Å². The molecule has 0 saturated carbocycles. The molecule has 0 aromatic heterocycles. The van der Waals surface area contributed by atoms with Crippen molar-refractivity contribution >= 4 is 6.21 Å². The van der Waals surface area contributed by atoms with E-state index < -0.39 is 0 Å². The van der Waals surface area contributed by atoms with Crippen molar-refractivity contribution in [3.8, 4) is 0 Å². The van der Waals surface area contributed by atoms with Crippen LogP contribution in [0, 0.1) is 0 Å². The Morgan fingerprint density at radius 3 is 2.28 bits per heavy atom. The summed E-state index contributed by atoms with van der Waals surface area (Å²) in [6, 6.07) is 0.417. The van der Waals surface area contributed by atoms with Crippen molar-refractivity contribution in [1.82, 2.24) is 4.90 Å². The summed E-state index contributed by atoms with van der Waals surface area (Å²) >= 11 is 0. The molecule has 0 bridgehead atoms. The molecule has 0 saturated heterocycles. The van der Waals surface area contributed by atoms with Crippen LogP contribution in [0.5, 0.6) is 0 Å². The third-order valence-electron chi connectivity index (χ3n) is 2.98. The lowest BCUT2D eigenvalue weighted by Gasteiger charge is -2.27. The maximum atomic E-state index is 4.15. The molecular formula is C16H26N2. The van der Waals surface area contributed by atoms with E-state index in [0.29, 0.717) is 6.04 Å². The third kappa shape index (κ3) is 4.74. The lowest BCUT2D eigenvalue weighted by molar-refractivity contribution is 0.352. The van der Waals surface area contributed by atoms with Gasteiger partial charge in [-0.25, -0.2) is 0 Å². The molecule has 0 amide bonds. The third-order valence-corrected chi connectivity index (χ3v) is 2.98. The van der Waals surface area contributed by atoms with Gasteiger partial charge in [-0.1, -0.05) is 31.4 Å². The highest BCUT2D eigenvalue weighted by atomic mass is 15.1. The first kappa shape index (κ1) is 16.4. The van der Waals surface area contributed by atoms with E-state index in [1.165, 1.54) is 5.57 Å². The van der Waals surface area contributed by atoms with Crippen LogP contribution in [0.25, 0.3) is 0 Å². The van der Waals surface area contributed by atoms with Crippen LogP contribution in [0.15, 0.2) is 53.2 Å². The van der Waals surface area contributed by atoms with Crippen LogP contribution in [0.1, 0.15) is 27.2 Å². The Morgan fingerprint density at radius 2 is 1.89 bits per heavy atom. The summed E-state index contributed by atoms with van der Waals surface area (Å²) in [5.74, 6) is 0. The summed E-state index contributed by atoms with van der Waals surface area (Å²) in [4.78, 5) is 6.13. The molecule has 0 aliphatic carbocycles. The minimum absolute atomic E-state index is 0.417. The summed E-state index contributed by atoms with van der Waals surface area (Å²) in [6.45, 7) is 18.4. The number of likely N-dealkylation sites (N-methyl/N-ethyl adjacent to an activating group) is 1. The number of rotatable bonds is 7. The van der Waals surface area contributed by atoms with Gasteiger partial charge in [0, 0.05) is 32.0 Å². The summed E-state index contributed by atoms with van der Waals surface area (Å²) < 4.78 is 0. The lowest BCUT2D eigenvalue weighted by atomic mass is 10.00. The van der Waals surface area contributed by atoms with Crippen molar-refractivity contribution in [3.63, 3.8) is 0 Å². The highest BCUT2D eigenvalue weighted by Gasteiger charge is 2.11. The standard InChI is InChI=1S/C16H26N2/c1-9-16(15(6)18(8)12(2)3)14(5)10-13(4)11-17-7/h9,11-12H,1,4,6,10H2,2-3,5,7-8H3/b16-14-,17-11?. The van der Waals surface area contributed by atoms with Crippen LogP contribution in [0.3, 0.4) is 0 Å². The van der Waals surface area contributed by atoms with Crippen LogP contribution in [0.2, 0.25) is 0 Å². The van der Waals surface area contributed by atoms with Crippen molar-refractivity contribution in [3.05, 3.63) is 48.2 Å². The van der Waals surface area contributed by atoms with E-state index in [4.69, 9.17) is 0 Å². The maximum absolute atomic E-state index is 4.15. The van der Waals surface area contributed by atoms with E-state index in [-0.39, 0.29) is 0 Å². The molecule has 0 aromatic carbocycles. The Hall–Kier alpha value is -1.57. The minimum atomic E-state index is 0.417. The number of hydrogen-bond donors (Lipinski definition) is 0. The van der Waals surface area contributed by atoms with Crippen molar-refractivity contribution < 1.29 is 0 Å². The fourth-order valence-electron chi connectivity index (χ4n) is 1.70. The topological polar surface area (TPSA) is 15.6 Å². The first-order valence-electron chi connectivity index (χ1n) is 6.19. The monoisotopic (exact) mass is 246 g/mol. The SMILES string of the molecule is C=C/C(C(=C)N(C)C(C)C)=C(\C)CC(=C)C=NC. The number of allylic oxidation sites excluding steroid dienone is 3. The van der Waals surface area contributed by atoms with Gasteiger partial charge >= 0.3 is 0 Å². The number of aliphatic imine (C=N–C) groups is 1. The highest BCUT2D eigenvalue weighted by Crippen LogP contribution is 2.22. The average Bonchev–Trinajstić information content (AvgIpc) is 2.28. The quantitative estimate of drug-likeness (QED) is 0.490. The molecule has 0 atom stereocenters. The predicted molar refractivity (Wildman–Crippen MR) is 83.1 cm³/mol. The summed E-state index contributed by atoms with van der Waals surface area (Å²) in [5, 5.41) is 0. The van der Waals surface area contributed by atoms with Gasteiger partial charge in [-0.15, -0.1) is 0 Å². The van der Waals surface area contributed by atoms with Gasteiger partial charge < -0.3 is 4.90 Å². The molecule has 0 unspecified atom stereocenters. The van der Waals surface area contributed by atoms with Gasteiger partial charge in [-0.3, -0.25) is 4.99 Å². The molecular weight excluding hydrogens is 220 g/mol. The van der Waals surface area contributed by atoms with Crippen molar-refractivity contribution in [1.29, 1.82) is 0 Å². The summed E-state index contributed by atoms with van der Waals surface area (Å²) in [5.41, 5.74) is 4.30. The van der Waals surface area contributed by atoms with Gasteiger partial charge in [0.15, 0.2) is 0 Å². The van der Waals surface area contributed by atoms with E-state index in [2.05, 4.69) is 50.4 Å². The molecule has 0 aliphatic rings. The van der Waals surface area contributed by atoms with Gasteiger partial charge in [-0.05, 0) is 38.3 Å². The normalized spacial score (nSPS) is 12.6. The molecule has 18 heavy (non-hydrogen) atoms. The first-order chi connectivity index (χ1) is 8.34. The Morgan fingerprint density at radius 1 is 1.33 bits per heavy atom. The molecule has 0 aliphatic heterocycles. The first-order valence-corrected chi connectivity index (χ1v) is 6.19. The lowest BCUT2D eigenvalue weighted by Crippen LogP contribution is -2.26. The fraction of sp³-hybridized carbons (Fsp3) is 0.438. The van der Waals surface area contributed by atoms with Crippen molar-refractivity contribution in [2.75, 3.05) is 14.1 Å². The number of nitrogens with zero attached hydrogens (tertiary/aromatic N) is 2. The van der Waals surface area contributed by atoms with Crippen molar-refractivity contribution in [2.24, 2.45) is 4.99 Å². The highest BCUT2D eigenvalue weighted by molar-refractivity contribution is 5.78. The average molecular weight is 246 g/mol. The fourth-order valence-corrected chi connectivity index (χ4v) is 1.70. The predicted octanol–water partition coefficient (Wildman–Crippen LogP) is 3.99. The Labute approximate surface area is 112 Å². The molecule has 0 heterocycles. The Kier molecular flexibility index (Phi) is 7.03. The van der Waals surface area contributed by atoms with E-state index in [1.54, 1.807) is 13.3 Å². The Balaban J connectivity index is 5.10. The van der Waals surface area contributed by atoms with Gasteiger partial charge in [-0.2, -0.15) is 0 Å². The van der Waals surface area contributed by atoms with Gasteiger partial charge in [0.05, 0.1) is 0 Å². The second kappa shape index (κ2) is 7.70. The molecule has 2 nitrogen and oxygen atoms in total. The molecule has 0 aromatic rings. The van der Waals surface area contributed by atoms with E-state index in [0.717, 1.165) is 23.3 Å². The largest absolute Gasteiger partial charge is 0.372 e. The second-order valence-corrected chi connectivity index (χ2v) is 4.77. The smallest absolute Gasteiger partial charge is 0.0365 e. The Bertz CT molecular complexity index is 384. The van der Waals surface area contributed by atoms with E-state index in [1.807, 2.05) is 13.1 Å². The molecule has 0 radical (unpaired) electrons. The maximum Gasteiger partial charge on any atom is 0.0365 e. The van der Waals surface area contributed by atoms with Crippen LogP contribution in [0.4, 0.5) is 0 Å². The molecule has 0 N–H and O–H groups in total. The molecule has 0 rings (SSSR count). The van der Waals surface area contributed by atoms with Crippen LogP contribution < -0.4 is 0 Å². The summed E-state index contributed by atoms with van der Waals surface area (Å²) in [6.07, 6.45) is 4.45. The van der Waals surface area contributed by atoms with Gasteiger partial charge in [0.25, 0.3) is 0 Å². The summed E-state index contributed by atoms with van der Waals surface area (Å²) in [7, 11) is 3.80. The molecule has 0 spiro atoms. The van der Waals surface area contributed by atoms with Crippen LogP contribution >= 0.6 is 0 Å². The van der Waals surface area contributed by atoms with Crippen molar-refractivity contribution in [2.45, 2.75) is 33.2 Å². The minimum Gasteiger partial charge on any atom is -0.372 e. The molecule has 2 heteroatoms.